The summed E-state index contributed by atoms with van der Waals surface area (Å²) in [6, 6.07) is 8.16. The smallest absolute Gasteiger partial charge is 0.336 e. The number of carbonyl (C=O) groups excluding carboxylic acids is 1. The molecule has 0 aliphatic carbocycles. The lowest BCUT2D eigenvalue weighted by Crippen LogP contribution is -2.14. The molecule has 0 fully saturated rings. The molecule has 2 aromatic rings. The minimum absolute atomic E-state index is 0.158. The van der Waals surface area contributed by atoms with Gasteiger partial charge in [0.1, 0.15) is 0 Å². The fourth-order valence-electron chi connectivity index (χ4n) is 2.60. The number of aromatic carboxylic acids is 1. The molecule has 0 bridgehead atoms. The molecule has 1 amide bonds. The SMILES string of the molecule is COc1cc(C(=O)Nc2cc(C(=O)O)c(C)cc2C)ccc1OCC(C)C. The molecule has 6 heteroatoms. The molecule has 0 saturated heterocycles. The van der Waals surface area contributed by atoms with Gasteiger partial charge in [0.05, 0.1) is 19.3 Å². The van der Waals surface area contributed by atoms with Crippen LogP contribution in [-0.4, -0.2) is 30.7 Å². The van der Waals surface area contributed by atoms with E-state index in [4.69, 9.17) is 9.47 Å². The molecule has 0 aliphatic rings. The second-order valence-electron chi connectivity index (χ2n) is 6.81. The van der Waals surface area contributed by atoms with Crippen molar-refractivity contribution in [3.63, 3.8) is 0 Å². The summed E-state index contributed by atoms with van der Waals surface area (Å²) in [5, 5.41) is 12.0. The summed E-state index contributed by atoms with van der Waals surface area (Å²) in [5.41, 5.74) is 2.44. The summed E-state index contributed by atoms with van der Waals surface area (Å²) in [6.07, 6.45) is 0. The topological polar surface area (TPSA) is 84.9 Å². The highest BCUT2D eigenvalue weighted by Gasteiger charge is 2.15. The van der Waals surface area contributed by atoms with Crippen LogP contribution in [0.1, 0.15) is 45.7 Å². The Hall–Kier alpha value is -3.02. The number of anilines is 1. The number of nitrogens with one attached hydrogen (secondary N) is 1. The summed E-state index contributed by atoms with van der Waals surface area (Å²) in [5.74, 6) is 0.0199. The molecule has 0 heterocycles. The van der Waals surface area contributed by atoms with E-state index < -0.39 is 5.97 Å². The van der Waals surface area contributed by atoms with Gasteiger partial charge in [-0.3, -0.25) is 4.79 Å². The van der Waals surface area contributed by atoms with Crippen molar-refractivity contribution >= 4 is 17.6 Å². The first-order valence-electron chi connectivity index (χ1n) is 8.69. The van der Waals surface area contributed by atoms with Crippen LogP contribution < -0.4 is 14.8 Å². The summed E-state index contributed by atoms with van der Waals surface area (Å²) in [4.78, 5) is 24.0. The normalized spacial score (nSPS) is 10.6. The van der Waals surface area contributed by atoms with Crippen molar-refractivity contribution in [1.29, 1.82) is 0 Å². The maximum absolute atomic E-state index is 12.6. The number of amides is 1. The predicted molar refractivity (Wildman–Crippen MR) is 104 cm³/mol. The summed E-state index contributed by atoms with van der Waals surface area (Å²) in [7, 11) is 1.52. The van der Waals surface area contributed by atoms with Gasteiger partial charge in [0, 0.05) is 11.3 Å². The Morgan fingerprint density at radius 3 is 2.37 bits per heavy atom. The van der Waals surface area contributed by atoms with E-state index in [1.54, 1.807) is 31.2 Å². The van der Waals surface area contributed by atoms with E-state index in [1.807, 2.05) is 20.8 Å². The molecule has 0 spiro atoms. The van der Waals surface area contributed by atoms with E-state index in [0.29, 0.717) is 40.8 Å². The number of carbonyl (C=O) groups is 2. The molecule has 0 aromatic heterocycles. The number of carboxylic acids is 1. The highest BCUT2D eigenvalue weighted by molar-refractivity contribution is 6.05. The summed E-state index contributed by atoms with van der Waals surface area (Å²) < 4.78 is 11.0. The minimum atomic E-state index is -1.03. The Kier molecular flexibility index (Phi) is 6.45. The highest BCUT2D eigenvalue weighted by atomic mass is 16.5. The van der Waals surface area contributed by atoms with Gasteiger partial charge in [0.2, 0.25) is 0 Å². The second kappa shape index (κ2) is 8.58. The molecule has 0 unspecified atom stereocenters. The number of hydrogen-bond donors (Lipinski definition) is 2. The van der Waals surface area contributed by atoms with E-state index in [1.165, 1.54) is 13.2 Å². The first-order valence-corrected chi connectivity index (χ1v) is 8.69. The molecule has 144 valence electrons. The van der Waals surface area contributed by atoms with E-state index in [-0.39, 0.29) is 11.5 Å². The molecule has 0 saturated carbocycles. The largest absolute Gasteiger partial charge is 0.493 e. The van der Waals surface area contributed by atoms with E-state index in [0.717, 1.165) is 5.56 Å². The first kappa shape index (κ1) is 20.3. The van der Waals surface area contributed by atoms with Gasteiger partial charge in [-0.25, -0.2) is 4.79 Å². The lowest BCUT2D eigenvalue weighted by molar-refractivity contribution is 0.0695. The van der Waals surface area contributed by atoms with E-state index >= 15 is 0 Å². The van der Waals surface area contributed by atoms with Crippen LogP contribution in [0.5, 0.6) is 11.5 Å². The van der Waals surface area contributed by atoms with Crippen LogP contribution in [0.15, 0.2) is 30.3 Å². The number of ether oxygens (including phenoxy) is 2. The van der Waals surface area contributed by atoms with E-state index in [9.17, 15) is 14.7 Å². The Morgan fingerprint density at radius 2 is 1.78 bits per heavy atom. The zero-order chi connectivity index (χ0) is 20.1. The molecular formula is C21H25NO5. The standard InChI is InChI=1S/C21H25NO5/c1-12(2)11-27-18-7-6-15(9-19(18)26-5)20(23)22-17-10-16(21(24)25)13(3)8-14(17)4/h6-10,12H,11H2,1-5H3,(H,22,23)(H,24,25). The van der Waals surface area contributed by atoms with Crippen molar-refractivity contribution in [2.75, 3.05) is 19.0 Å². The van der Waals surface area contributed by atoms with Crippen LogP contribution in [0.3, 0.4) is 0 Å². The number of rotatable bonds is 7. The zero-order valence-corrected chi connectivity index (χ0v) is 16.3. The molecule has 2 aromatic carbocycles. The Morgan fingerprint density at radius 1 is 1.07 bits per heavy atom. The minimum Gasteiger partial charge on any atom is -0.493 e. The Balaban J connectivity index is 2.26. The van der Waals surface area contributed by atoms with Crippen molar-refractivity contribution in [3.05, 3.63) is 52.6 Å². The molecular weight excluding hydrogens is 346 g/mol. The average Bonchev–Trinajstić information content (AvgIpc) is 2.61. The fraction of sp³-hybridized carbons (Fsp3) is 0.333. The second-order valence-corrected chi connectivity index (χ2v) is 6.81. The number of aryl methyl sites for hydroxylation is 2. The van der Waals surface area contributed by atoms with Crippen LogP contribution in [0.2, 0.25) is 0 Å². The third-order valence-corrected chi connectivity index (χ3v) is 4.05. The van der Waals surface area contributed by atoms with Crippen molar-refractivity contribution in [2.24, 2.45) is 5.92 Å². The van der Waals surface area contributed by atoms with E-state index in [2.05, 4.69) is 5.32 Å². The summed E-state index contributed by atoms with van der Waals surface area (Å²) >= 11 is 0. The Labute approximate surface area is 159 Å². The van der Waals surface area contributed by atoms with Crippen molar-refractivity contribution < 1.29 is 24.2 Å². The van der Waals surface area contributed by atoms with Gasteiger partial charge in [0.15, 0.2) is 11.5 Å². The molecule has 0 aliphatic heterocycles. The van der Waals surface area contributed by atoms with Gasteiger partial charge in [-0.05, 0) is 55.2 Å². The Bertz CT molecular complexity index is 858. The third kappa shape index (κ3) is 5.00. The quantitative estimate of drug-likeness (QED) is 0.758. The number of carboxylic acid groups (broad SMARTS) is 1. The average molecular weight is 371 g/mol. The molecule has 2 N–H and O–H groups in total. The maximum Gasteiger partial charge on any atom is 0.336 e. The highest BCUT2D eigenvalue weighted by Crippen LogP contribution is 2.29. The monoisotopic (exact) mass is 371 g/mol. The summed E-state index contributed by atoms with van der Waals surface area (Å²) in [6.45, 7) is 8.18. The molecule has 0 radical (unpaired) electrons. The van der Waals surface area contributed by atoms with Crippen LogP contribution in [0.25, 0.3) is 0 Å². The van der Waals surface area contributed by atoms with Gasteiger partial charge in [-0.2, -0.15) is 0 Å². The van der Waals surface area contributed by atoms with Crippen LogP contribution >= 0.6 is 0 Å². The van der Waals surface area contributed by atoms with Crippen molar-refractivity contribution in [3.8, 4) is 11.5 Å². The third-order valence-electron chi connectivity index (χ3n) is 4.05. The molecule has 0 atom stereocenters. The van der Waals surface area contributed by atoms with Gasteiger partial charge in [0.25, 0.3) is 5.91 Å². The zero-order valence-electron chi connectivity index (χ0n) is 16.3. The molecule has 2 rings (SSSR count). The number of hydrogen-bond acceptors (Lipinski definition) is 4. The maximum atomic E-state index is 12.6. The van der Waals surface area contributed by atoms with Gasteiger partial charge in [-0.1, -0.05) is 19.9 Å². The lowest BCUT2D eigenvalue weighted by Gasteiger charge is -2.14. The number of benzene rings is 2. The van der Waals surface area contributed by atoms with Crippen molar-refractivity contribution in [1.82, 2.24) is 0 Å². The van der Waals surface area contributed by atoms with Crippen LogP contribution in [-0.2, 0) is 0 Å². The number of methoxy groups -OCH3 is 1. The van der Waals surface area contributed by atoms with Gasteiger partial charge < -0.3 is 19.9 Å². The predicted octanol–water partition coefficient (Wildman–Crippen LogP) is 4.30. The van der Waals surface area contributed by atoms with Crippen molar-refractivity contribution in [2.45, 2.75) is 27.7 Å². The van der Waals surface area contributed by atoms with Crippen LogP contribution in [0, 0.1) is 19.8 Å². The molecule has 6 nitrogen and oxygen atoms in total. The lowest BCUT2D eigenvalue weighted by atomic mass is 10.0. The van der Waals surface area contributed by atoms with Crippen LogP contribution in [0.4, 0.5) is 5.69 Å². The van der Waals surface area contributed by atoms with Gasteiger partial charge >= 0.3 is 5.97 Å². The fourth-order valence-corrected chi connectivity index (χ4v) is 2.60. The first-order chi connectivity index (χ1) is 12.7. The molecule has 27 heavy (non-hydrogen) atoms. The van der Waals surface area contributed by atoms with Gasteiger partial charge in [-0.15, -0.1) is 0 Å².